The number of Topliss-reactive ketones (excluding diaryl/α,β-unsaturated/α-hetero) is 1. The first-order chi connectivity index (χ1) is 23.9. The first-order valence-corrected chi connectivity index (χ1v) is 16.8. The lowest BCUT2D eigenvalue weighted by Crippen LogP contribution is -2.57. The third kappa shape index (κ3) is 10.1. The number of β-lactam (4-membered cyclic amide) rings is 1. The molecule has 1 fully saturated rings. The highest BCUT2D eigenvalue weighted by Crippen LogP contribution is 2.46. The minimum Gasteiger partial charge on any atom is -0.484 e. The summed E-state index contributed by atoms with van der Waals surface area (Å²) in [4.78, 5) is 62.5. The van der Waals surface area contributed by atoms with E-state index in [1.165, 1.54) is 65.2 Å². The number of hydrogen-bond acceptors (Lipinski definition) is 9. The SMILES string of the molecule is CCC(CC(=O)CNC(=O)CNC(=O)COc1ccc([C@@H]2[C@@H](SCC(O)c3ccc(F)cc3)C(=O)N2c2ccc(F)cc2)cc1)[C@@H](N)C(=O)O. The lowest BCUT2D eigenvalue weighted by atomic mass is 9.92. The van der Waals surface area contributed by atoms with E-state index in [0.717, 1.165) is 5.56 Å². The van der Waals surface area contributed by atoms with E-state index >= 15 is 0 Å². The van der Waals surface area contributed by atoms with E-state index in [2.05, 4.69) is 10.6 Å². The number of anilines is 1. The van der Waals surface area contributed by atoms with Crippen molar-refractivity contribution in [3.63, 3.8) is 0 Å². The molecule has 0 bridgehead atoms. The number of thioether (sulfide) groups is 1. The van der Waals surface area contributed by atoms with Crippen molar-refractivity contribution in [3.05, 3.63) is 95.6 Å². The highest BCUT2D eigenvalue weighted by atomic mass is 32.2. The average Bonchev–Trinajstić information content (AvgIpc) is 3.11. The van der Waals surface area contributed by atoms with Crippen LogP contribution in [0, 0.1) is 17.6 Å². The molecule has 50 heavy (non-hydrogen) atoms. The Morgan fingerprint density at radius 3 is 2.12 bits per heavy atom. The number of aliphatic hydroxyl groups is 1. The van der Waals surface area contributed by atoms with Crippen LogP contribution in [0.3, 0.4) is 0 Å². The fraction of sp³-hybridized carbons (Fsp3) is 0.343. The fourth-order valence-corrected chi connectivity index (χ4v) is 6.60. The van der Waals surface area contributed by atoms with E-state index in [0.29, 0.717) is 23.4 Å². The molecule has 0 aromatic heterocycles. The number of aliphatic hydroxyl groups excluding tert-OH is 1. The molecular formula is C35H38F2N4O8S. The number of rotatable bonds is 18. The quantitative estimate of drug-likeness (QED) is 0.123. The largest absolute Gasteiger partial charge is 0.484 e. The van der Waals surface area contributed by atoms with Gasteiger partial charge < -0.3 is 36.2 Å². The monoisotopic (exact) mass is 712 g/mol. The van der Waals surface area contributed by atoms with Gasteiger partial charge in [-0.1, -0.05) is 37.6 Å². The maximum absolute atomic E-state index is 13.6. The van der Waals surface area contributed by atoms with E-state index in [1.807, 2.05) is 0 Å². The van der Waals surface area contributed by atoms with Crippen LogP contribution in [-0.2, 0) is 24.0 Å². The molecule has 5 atom stereocenters. The van der Waals surface area contributed by atoms with Crippen LogP contribution in [-0.4, -0.2) is 76.4 Å². The average molecular weight is 713 g/mol. The first-order valence-electron chi connectivity index (χ1n) is 15.8. The topological polar surface area (TPSA) is 188 Å². The number of nitrogens with two attached hydrogens (primary N) is 1. The van der Waals surface area contributed by atoms with Crippen LogP contribution in [0.4, 0.5) is 14.5 Å². The highest BCUT2D eigenvalue weighted by molar-refractivity contribution is 8.00. The summed E-state index contributed by atoms with van der Waals surface area (Å²) < 4.78 is 32.5. The molecule has 4 rings (SSSR count). The van der Waals surface area contributed by atoms with Gasteiger partial charge >= 0.3 is 5.97 Å². The Labute approximate surface area is 291 Å². The Bertz CT molecular complexity index is 1660. The summed E-state index contributed by atoms with van der Waals surface area (Å²) in [5.74, 6) is -3.99. The fourth-order valence-electron chi connectivity index (χ4n) is 5.31. The van der Waals surface area contributed by atoms with Gasteiger partial charge in [-0.2, -0.15) is 0 Å². The van der Waals surface area contributed by atoms with Crippen LogP contribution in [0.25, 0.3) is 0 Å². The van der Waals surface area contributed by atoms with E-state index in [4.69, 9.17) is 15.6 Å². The van der Waals surface area contributed by atoms with Gasteiger partial charge in [-0.05, 0) is 65.6 Å². The zero-order valence-electron chi connectivity index (χ0n) is 27.1. The Kier molecular flexibility index (Phi) is 13.4. The normalized spacial score (nSPS) is 17.2. The van der Waals surface area contributed by atoms with Crippen molar-refractivity contribution in [2.24, 2.45) is 11.7 Å². The number of amides is 3. The highest BCUT2D eigenvalue weighted by Gasteiger charge is 2.49. The van der Waals surface area contributed by atoms with Crippen LogP contribution < -0.4 is 26.0 Å². The van der Waals surface area contributed by atoms with Crippen molar-refractivity contribution in [2.75, 3.05) is 30.3 Å². The third-order valence-corrected chi connectivity index (χ3v) is 9.49. The molecule has 12 nitrogen and oxygen atoms in total. The Hall–Kier alpha value is -4.86. The Morgan fingerprint density at radius 2 is 1.52 bits per heavy atom. The molecule has 0 spiro atoms. The second-order valence-corrected chi connectivity index (χ2v) is 12.8. The summed E-state index contributed by atoms with van der Waals surface area (Å²) in [6.07, 6.45) is -0.663. The summed E-state index contributed by atoms with van der Waals surface area (Å²) in [5, 5.41) is 23.9. The molecule has 0 saturated carbocycles. The van der Waals surface area contributed by atoms with E-state index in [-0.39, 0.29) is 30.4 Å². The smallest absolute Gasteiger partial charge is 0.320 e. The minimum atomic E-state index is -1.21. The number of carboxylic acids is 1. The summed E-state index contributed by atoms with van der Waals surface area (Å²) in [6.45, 7) is 0.554. The zero-order valence-corrected chi connectivity index (χ0v) is 27.9. The summed E-state index contributed by atoms with van der Waals surface area (Å²) >= 11 is 1.25. The van der Waals surface area contributed by atoms with Crippen molar-refractivity contribution in [3.8, 4) is 5.75 Å². The predicted octanol–water partition coefficient (Wildman–Crippen LogP) is 2.90. The van der Waals surface area contributed by atoms with Gasteiger partial charge in [0.15, 0.2) is 12.4 Å². The van der Waals surface area contributed by atoms with Gasteiger partial charge in [0.05, 0.1) is 25.2 Å². The van der Waals surface area contributed by atoms with Gasteiger partial charge in [-0.3, -0.25) is 24.0 Å². The number of benzene rings is 3. The van der Waals surface area contributed by atoms with Crippen molar-refractivity contribution >= 4 is 46.9 Å². The molecule has 1 saturated heterocycles. The molecule has 3 aromatic rings. The van der Waals surface area contributed by atoms with E-state index in [1.54, 1.807) is 31.2 Å². The molecule has 15 heteroatoms. The summed E-state index contributed by atoms with van der Waals surface area (Å²) in [5.41, 5.74) is 7.33. The summed E-state index contributed by atoms with van der Waals surface area (Å²) in [7, 11) is 0. The zero-order chi connectivity index (χ0) is 36.4. The van der Waals surface area contributed by atoms with Gasteiger partial charge in [0.1, 0.15) is 28.7 Å². The number of nitrogens with one attached hydrogen (secondary N) is 2. The van der Waals surface area contributed by atoms with Gasteiger partial charge in [-0.25, -0.2) is 8.78 Å². The molecule has 3 aromatic carbocycles. The lowest BCUT2D eigenvalue weighted by molar-refractivity contribution is -0.140. The van der Waals surface area contributed by atoms with E-state index in [9.17, 15) is 37.9 Å². The standard InChI is InChI=1S/C35H38F2N4O8S/c1-2-20(31(38)35(47)48)15-26(42)16-39-29(44)17-40-30(45)18-49-27-13-5-22(6-14-27)32-33(34(46)41(32)25-11-9-24(37)10-12-25)50-19-28(43)21-3-7-23(36)8-4-21/h3-14,20,28,31-33,43H,2,15-19,38H2,1H3,(H,39,44)(H,40,45)(H,47,48)/t20?,28?,31-,32-,33-/m1/s1. The van der Waals surface area contributed by atoms with E-state index < -0.39 is 71.9 Å². The van der Waals surface area contributed by atoms with Crippen molar-refractivity contribution in [1.82, 2.24) is 10.6 Å². The van der Waals surface area contributed by atoms with Crippen LogP contribution in [0.5, 0.6) is 5.75 Å². The number of hydrogen-bond donors (Lipinski definition) is 5. The molecular weight excluding hydrogens is 674 g/mol. The van der Waals surface area contributed by atoms with Gasteiger partial charge in [0.25, 0.3) is 5.91 Å². The predicted molar refractivity (Wildman–Crippen MR) is 181 cm³/mol. The molecule has 6 N–H and O–H groups in total. The second kappa shape index (κ2) is 17.7. The number of aliphatic carboxylic acids is 1. The third-order valence-electron chi connectivity index (χ3n) is 8.17. The Balaban J connectivity index is 1.29. The number of carboxylic acid groups (broad SMARTS) is 1. The molecule has 1 aliphatic heterocycles. The molecule has 1 heterocycles. The van der Waals surface area contributed by atoms with Gasteiger partial charge in [0.2, 0.25) is 11.8 Å². The van der Waals surface area contributed by atoms with Gasteiger partial charge in [0, 0.05) is 17.9 Å². The first kappa shape index (κ1) is 38.0. The number of ether oxygens (including phenoxy) is 1. The maximum Gasteiger partial charge on any atom is 0.320 e. The second-order valence-electron chi connectivity index (χ2n) is 11.6. The molecule has 0 radical (unpaired) electrons. The Morgan fingerprint density at radius 1 is 0.920 bits per heavy atom. The number of carbonyl (C=O) groups excluding carboxylic acids is 4. The number of ketones is 1. The van der Waals surface area contributed by atoms with Crippen molar-refractivity contribution < 1.29 is 47.7 Å². The number of carbonyl (C=O) groups is 5. The van der Waals surface area contributed by atoms with Gasteiger partial charge in [-0.15, -0.1) is 11.8 Å². The van der Waals surface area contributed by atoms with Crippen LogP contribution in [0.15, 0.2) is 72.8 Å². The minimum absolute atomic E-state index is 0.106. The number of halogens is 2. The van der Waals surface area contributed by atoms with Crippen LogP contribution in [0.1, 0.15) is 43.0 Å². The van der Waals surface area contributed by atoms with Crippen molar-refractivity contribution in [1.29, 1.82) is 0 Å². The molecule has 2 unspecified atom stereocenters. The molecule has 3 amide bonds. The van der Waals surface area contributed by atoms with Crippen molar-refractivity contribution in [2.45, 2.75) is 43.2 Å². The molecule has 0 aliphatic carbocycles. The van der Waals surface area contributed by atoms with Crippen LogP contribution in [0.2, 0.25) is 0 Å². The molecule has 266 valence electrons. The maximum atomic E-state index is 13.6. The number of nitrogens with zero attached hydrogens (tertiary/aromatic N) is 1. The molecule has 1 aliphatic rings. The summed E-state index contributed by atoms with van der Waals surface area (Å²) in [6, 6.07) is 16.0. The van der Waals surface area contributed by atoms with Crippen LogP contribution >= 0.6 is 11.8 Å². The lowest BCUT2D eigenvalue weighted by Gasteiger charge is -2.47.